The van der Waals surface area contributed by atoms with Gasteiger partial charge < -0.3 is 16.0 Å². The van der Waals surface area contributed by atoms with Crippen molar-refractivity contribution in [2.24, 2.45) is 17.6 Å². The van der Waals surface area contributed by atoms with Crippen molar-refractivity contribution in [2.45, 2.75) is 62.7 Å². The molecule has 1 heterocycles. The summed E-state index contributed by atoms with van der Waals surface area (Å²) in [5.74, 6) is 1.34. The molecule has 4 aliphatic carbocycles. The van der Waals surface area contributed by atoms with Crippen molar-refractivity contribution in [1.29, 1.82) is 0 Å². The van der Waals surface area contributed by atoms with Crippen molar-refractivity contribution in [2.75, 3.05) is 6.54 Å². The number of nitrogens with two attached hydrogens (primary N) is 1. The van der Waals surface area contributed by atoms with E-state index >= 15 is 0 Å². The van der Waals surface area contributed by atoms with Gasteiger partial charge in [0.2, 0.25) is 5.91 Å². The minimum absolute atomic E-state index is 0.0124. The van der Waals surface area contributed by atoms with Gasteiger partial charge in [0.05, 0.1) is 6.54 Å². The number of carbonyl (C=O) groups is 1. The molecule has 1 aromatic carbocycles. The second-order valence-electron chi connectivity index (χ2n) is 9.12. The number of fused-ring (bicyclic) bond motifs is 1. The van der Waals surface area contributed by atoms with Crippen LogP contribution in [0.3, 0.4) is 0 Å². The van der Waals surface area contributed by atoms with E-state index in [-0.39, 0.29) is 22.8 Å². The number of rotatable bonds is 3. The Morgan fingerprint density at radius 2 is 1.92 bits per heavy atom. The van der Waals surface area contributed by atoms with Gasteiger partial charge in [0.25, 0.3) is 0 Å². The molecule has 0 spiro atoms. The van der Waals surface area contributed by atoms with Gasteiger partial charge in [0, 0.05) is 24.2 Å². The molecule has 4 nitrogen and oxygen atoms in total. The molecule has 4 atom stereocenters. The number of hydrogen-bond donors (Lipinski definition) is 2. The second kappa shape index (κ2) is 5.27. The third-order valence-electron chi connectivity index (χ3n) is 6.96. The first-order valence-corrected chi connectivity index (χ1v) is 9.51. The first-order chi connectivity index (χ1) is 11.9. The van der Waals surface area contributed by atoms with E-state index in [4.69, 9.17) is 5.73 Å². The summed E-state index contributed by atoms with van der Waals surface area (Å²) in [6.45, 7) is 1.48. The molecule has 5 aliphatic rings. The second-order valence-corrected chi connectivity index (χ2v) is 9.12. The van der Waals surface area contributed by atoms with Gasteiger partial charge in [0.1, 0.15) is 5.82 Å². The lowest BCUT2D eigenvalue weighted by Gasteiger charge is -2.61. The molecular weight excluding hydrogens is 317 g/mol. The molecule has 0 radical (unpaired) electrons. The Balaban J connectivity index is 1.24. The number of benzene rings is 1. The van der Waals surface area contributed by atoms with Gasteiger partial charge in [-0.05, 0) is 73.6 Å². The van der Waals surface area contributed by atoms with Gasteiger partial charge >= 0.3 is 0 Å². The maximum atomic E-state index is 13.4. The summed E-state index contributed by atoms with van der Waals surface area (Å²) in [6.07, 6.45) is 6.99. The van der Waals surface area contributed by atoms with Crippen LogP contribution in [0.4, 0.5) is 4.39 Å². The van der Waals surface area contributed by atoms with E-state index < -0.39 is 0 Å². The third kappa shape index (κ3) is 2.68. The highest BCUT2D eigenvalue weighted by Gasteiger charge is 2.56. The number of nitrogens with one attached hydrogen (secondary N) is 1. The van der Waals surface area contributed by atoms with Crippen LogP contribution in [0.25, 0.3) is 0 Å². The predicted molar refractivity (Wildman–Crippen MR) is 93.0 cm³/mol. The van der Waals surface area contributed by atoms with Crippen LogP contribution in [0, 0.1) is 17.7 Å². The van der Waals surface area contributed by atoms with E-state index in [1.54, 1.807) is 12.1 Å². The van der Waals surface area contributed by atoms with Crippen LogP contribution in [0.2, 0.25) is 0 Å². The normalized spacial score (nSPS) is 38.2. The van der Waals surface area contributed by atoms with Gasteiger partial charge in [-0.25, -0.2) is 4.39 Å². The number of hydrogen-bond acceptors (Lipinski definition) is 3. The van der Waals surface area contributed by atoms with E-state index in [2.05, 4.69) is 5.32 Å². The molecule has 4 fully saturated rings. The fourth-order valence-electron chi connectivity index (χ4n) is 6.45. The van der Waals surface area contributed by atoms with Crippen molar-refractivity contribution >= 4 is 5.91 Å². The monoisotopic (exact) mass is 343 g/mol. The van der Waals surface area contributed by atoms with E-state index in [9.17, 15) is 9.18 Å². The molecule has 0 aromatic heterocycles. The highest BCUT2D eigenvalue weighted by atomic mass is 19.1. The molecule has 5 heteroatoms. The summed E-state index contributed by atoms with van der Waals surface area (Å²) in [7, 11) is 0. The maximum Gasteiger partial charge on any atom is 0.237 e. The zero-order valence-corrected chi connectivity index (χ0v) is 14.6. The summed E-state index contributed by atoms with van der Waals surface area (Å²) in [5.41, 5.74) is 8.68. The summed E-state index contributed by atoms with van der Waals surface area (Å²) in [5, 5.41) is 3.62. The van der Waals surface area contributed by atoms with Crippen molar-refractivity contribution in [3.8, 4) is 0 Å². The minimum Gasteiger partial charge on any atom is -0.333 e. The van der Waals surface area contributed by atoms with Crippen LogP contribution in [0.15, 0.2) is 18.2 Å². The molecule has 1 aliphatic heterocycles. The van der Waals surface area contributed by atoms with E-state index in [0.29, 0.717) is 19.6 Å². The van der Waals surface area contributed by atoms with Crippen LogP contribution in [-0.2, 0) is 17.9 Å². The Kier molecular flexibility index (Phi) is 3.32. The Bertz CT molecular complexity index is 720. The predicted octanol–water partition coefficient (Wildman–Crippen LogP) is 2.31. The summed E-state index contributed by atoms with van der Waals surface area (Å²) in [4.78, 5) is 14.5. The highest BCUT2D eigenvalue weighted by Crippen LogP contribution is 2.56. The van der Waals surface area contributed by atoms with Crippen molar-refractivity contribution < 1.29 is 9.18 Å². The van der Waals surface area contributed by atoms with Crippen LogP contribution in [-0.4, -0.2) is 28.4 Å². The summed E-state index contributed by atoms with van der Waals surface area (Å²) < 4.78 is 13.4. The third-order valence-corrected chi connectivity index (χ3v) is 6.96. The van der Waals surface area contributed by atoms with Crippen LogP contribution in [0.1, 0.15) is 49.7 Å². The van der Waals surface area contributed by atoms with Crippen LogP contribution in [0.5, 0.6) is 0 Å². The number of nitrogens with zero attached hydrogens (tertiary/aromatic N) is 1. The zero-order chi connectivity index (χ0) is 17.2. The molecule has 1 amide bonds. The van der Waals surface area contributed by atoms with E-state index in [0.717, 1.165) is 42.2 Å². The van der Waals surface area contributed by atoms with Gasteiger partial charge in [-0.1, -0.05) is 6.07 Å². The lowest BCUT2D eigenvalue weighted by Crippen LogP contribution is -2.68. The molecule has 4 saturated carbocycles. The fourth-order valence-corrected chi connectivity index (χ4v) is 6.45. The molecular formula is C20H26FN3O. The molecule has 25 heavy (non-hydrogen) atoms. The molecule has 4 bridgehead atoms. The average molecular weight is 343 g/mol. The van der Waals surface area contributed by atoms with Gasteiger partial charge in [-0.15, -0.1) is 0 Å². The highest BCUT2D eigenvalue weighted by molar-refractivity contribution is 5.79. The molecule has 0 saturated heterocycles. The summed E-state index contributed by atoms with van der Waals surface area (Å²) >= 11 is 0. The minimum atomic E-state index is -0.229. The number of halogens is 1. The van der Waals surface area contributed by atoms with Gasteiger partial charge in [-0.2, -0.15) is 0 Å². The van der Waals surface area contributed by atoms with Crippen molar-refractivity contribution in [3.63, 3.8) is 0 Å². The first-order valence-electron chi connectivity index (χ1n) is 9.51. The van der Waals surface area contributed by atoms with Crippen molar-refractivity contribution in [1.82, 2.24) is 10.2 Å². The smallest absolute Gasteiger partial charge is 0.237 e. The van der Waals surface area contributed by atoms with Gasteiger partial charge in [-0.3, -0.25) is 4.79 Å². The molecule has 6 rings (SSSR count). The lowest BCUT2D eigenvalue weighted by atomic mass is 9.50. The average Bonchev–Trinajstić information content (AvgIpc) is 2.93. The SMILES string of the molecule is NC12C[C@H]3C[C@@H](C1)CC(NCC(=O)N1Cc4ccc(F)cc4C1)(C3)C2. The van der Waals surface area contributed by atoms with Crippen LogP contribution < -0.4 is 11.1 Å². The number of amides is 1. The molecule has 134 valence electrons. The van der Waals surface area contributed by atoms with Gasteiger partial charge in [0.15, 0.2) is 0 Å². The van der Waals surface area contributed by atoms with Crippen molar-refractivity contribution in [3.05, 3.63) is 35.1 Å². The Morgan fingerprint density at radius 1 is 1.20 bits per heavy atom. The van der Waals surface area contributed by atoms with Crippen LogP contribution >= 0.6 is 0 Å². The van der Waals surface area contributed by atoms with E-state index in [1.165, 1.54) is 25.3 Å². The molecule has 1 aromatic rings. The Morgan fingerprint density at radius 3 is 2.64 bits per heavy atom. The number of carbonyl (C=O) groups excluding carboxylic acids is 1. The fraction of sp³-hybridized carbons (Fsp3) is 0.650. The standard InChI is InChI=1S/C20H26FN3O/c21-17-2-1-15-10-24(11-16(15)4-17)18(25)9-23-20-7-13-3-14(8-20)6-19(22,5-13)12-20/h1-2,4,13-14,23H,3,5-12,22H2/t13-,14+,19?,20?. The quantitative estimate of drug-likeness (QED) is 0.885. The zero-order valence-electron chi connectivity index (χ0n) is 14.6. The topological polar surface area (TPSA) is 58.4 Å². The van der Waals surface area contributed by atoms with E-state index in [1.807, 2.05) is 4.90 Å². The Hall–Kier alpha value is -1.46. The maximum absolute atomic E-state index is 13.4. The first kappa shape index (κ1) is 15.8. The lowest BCUT2D eigenvalue weighted by molar-refractivity contribution is -0.132. The summed E-state index contributed by atoms with van der Waals surface area (Å²) in [6, 6.07) is 4.82. The molecule has 3 N–H and O–H groups in total. The Labute approximate surface area is 147 Å². The largest absolute Gasteiger partial charge is 0.333 e. The molecule has 2 unspecified atom stereocenters.